The first-order valence-electron chi connectivity index (χ1n) is 25.8. The molecule has 0 aliphatic rings. The van der Waals surface area contributed by atoms with Crippen LogP contribution in [-0.4, -0.2) is 47.4 Å². The molecule has 0 aromatic heterocycles. The first-order valence-corrected chi connectivity index (χ1v) is 25.8. The van der Waals surface area contributed by atoms with Crippen LogP contribution in [0.4, 0.5) is 0 Å². The first-order chi connectivity index (χ1) is 28.0. The number of nitrogens with one attached hydrogen (secondary N) is 1. The van der Waals surface area contributed by atoms with Crippen molar-refractivity contribution >= 4 is 11.9 Å². The number of unbranched alkanes of at least 4 members (excludes halogenated alkanes) is 37. The predicted molar refractivity (Wildman–Crippen MR) is 246 cm³/mol. The summed E-state index contributed by atoms with van der Waals surface area (Å²) >= 11 is 0. The summed E-state index contributed by atoms with van der Waals surface area (Å²) in [5.41, 5.74) is 0. The Morgan fingerprint density at radius 3 is 1.07 bits per heavy atom. The second-order valence-electron chi connectivity index (χ2n) is 17.9. The van der Waals surface area contributed by atoms with Gasteiger partial charge in [0.25, 0.3) is 0 Å². The van der Waals surface area contributed by atoms with Crippen LogP contribution in [0.3, 0.4) is 0 Å². The molecule has 2 unspecified atom stereocenters. The fourth-order valence-electron chi connectivity index (χ4n) is 8.17. The number of amides is 1. The number of rotatable bonds is 48. The molecule has 0 aliphatic heterocycles. The second kappa shape index (κ2) is 47.5. The average molecular weight is 808 g/mol. The Hall–Kier alpha value is -1.14. The van der Waals surface area contributed by atoms with Crippen LogP contribution in [0.2, 0.25) is 0 Å². The molecule has 3 N–H and O–H groups in total. The summed E-state index contributed by atoms with van der Waals surface area (Å²) in [5, 5.41) is 23.1. The van der Waals surface area contributed by atoms with E-state index in [4.69, 9.17) is 4.74 Å². The molecule has 340 valence electrons. The molecule has 0 rings (SSSR count). The van der Waals surface area contributed by atoms with E-state index in [0.29, 0.717) is 25.9 Å². The van der Waals surface area contributed by atoms with Crippen molar-refractivity contribution in [3.8, 4) is 0 Å². The van der Waals surface area contributed by atoms with Crippen molar-refractivity contribution in [3.63, 3.8) is 0 Å². The lowest BCUT2D eigenvalue weighted by Crippen LogP contribution is -2.45. The Morgan fingerprint density at radius 2 is 0.719 bits per heavy atom. The molecule has 6 nitrogen and oxygen atoms in total. The van der Waals surface area contributed by atoms with E-state index in [1.807, 2.05) is 0 Å². The highest BCUT2D eigenvalue weighted by molar-refractivity contribution is 5.76. The van der Waals surface area contributed by atoms with Gasteiger partial charge in [0.05, 0.1) is 25.4 Å². The number of aliphatic hydroxyl groups is 2. The predicted octanol–water partition coefficient (Wildman–Crippen LogP) is 15.2. The zero-order chi connectivity index (χ0) is 41.5. The van der Waals surface area contributed by atoms with Crippen LogP contribution in [0.25, 0.3) is 0 Å². The molecule has 0 saturated heterocycles. The molecule has 0 aliphatic carbocycles. The maximum absolute atomic E-state index is 12.4. The van der Waals surface area contributed by atoms with Gasteiger partial charge in [-0.15, -0.1) is 0 Å². The number of hydrogen-bond donors (Lipinski definition) is 3. The molecule has 0 bridgehead atoms. The minimum absolute atomic E-state index is 0.00728. The molecule has 0 aromatic rings. The minimum Gasteiger partial charge on any atom is -0.466 e. The number of ether oxygens (including phenoxy) is 1. The summed E-state index contributed by atoms with van der Waals surface area (Å²) in [7, 11) is 0. The number of esters is 1. The lowest BCUT2D eigenvalue weighted by Gasteiger charge is -2.22. The van der Waals surface area contributed by atoms with Crippen LogP contribution in [0.5, 0.6) is 0 Å². The van der Waals surface area contributed by atoms with Crippen molar-refractivity contribution in [1.82, 2.24) is 5.32 Å². The van der Waals surface area contributed by atoms with Gasteiger partial charge < -0.3 is 20.3 Å². The summed E-state index contributed by atoms with van der Waals surface area (Å²) < 4.78 is 5.45. The van der Waals surface area contributed by atoms with Crippen molar-refractivity contribution in [2.75, 3.05) is 13.2 Å². The monoisotopic (exact) mass is 808 g/mol. The van der Waals surface area contributed by atoms with Gasteiger partial charge in [-0.05, 0) is 25.7 Å². The van der Waals surface area contributed by atoms with Gasteiger partial charge in [-0.2, -0.15) is 0 Å². The average Bonchev–Trinajstić information content (AvgIpc) is 3.21. The highest BCUT2D eigenvalue weighted by Gasteiger charge is 2.20. The van der Waals surface area contributed by atoms with Crippen LogP contribution in [0, 0.1) is 0 Å². The molecule has 0 radical (unpaired) electrons. The van der Waals surface area contributed by atoms with Gasteiger partial charge in [-0.3, -0.25) is 9.59 Å². The van der Waals surface area contributed by atoms with Gasteiger partial charge in [0.2, 0.25) is 5.91 Å². The quantitative estimate of drug-likeness (QED) is 0.0420. The molecule has 0 spiro atoms. The second-order valence-corrected chi connectivity index (χ2v) is 17.9. The van der Waals surface area contributed by atoms with Crippen molar-refractivity contribution in [2.24, 2.45) is 0 Å². The Kier molecular flexibility index (Phi) is 46.6. The van der Waals surface area contributed by atoms with E-state index in [1.165, 1.54) is 218 Å². The molecule has 57 heavy (non-hydrogen) atoms. The third-order valence-electron chi connectivity index (χ3n) is 12.2. The van der Waals surface area contributed by atoms with Gasteiger partial charge in [-0.1, -0.05) is 251 Å². The Morgan fingerprint density at radius 1 is 0.421 bits per heavy atom. The highest BCUT2D eigenvalue weighted by Crippen LogP contribution is 2.17. The summed E-state index contributed by atoms with van der Waals surface area (Å²) in [6.45, 7) is 4.94. The highest BCUT2D eigenvalue weighted by atomic mass is 16.5. The van der Waals surface area contributed by atoms with Crippen molar-refractivity contribution in [3.05, 3.63) is 0 Å². The van der Waals surface area contributed by atoms with Gasteiger partial charge in [0.15, 0.2) is 0 Å². The topological polar surface area (TPSA) is 95.9 Å². The summed E-state index contributed by atoms with van der Waals surface area (Å²) in [6, 6.07) is -0.541. The molecule has 0 fully saturated rings. The van der Waals surface area contributed by atoms with E-state index in [2.05, 4.69) is 19.2 Å². The molecular weight excluding hydrogens is 707 g/mol. The van der Waals surface area contributed by atoms with E-state index in [0.717, 1.165) is 38.5 Å². The number of carbonyl (C=O) groups is 2. The molecular formula is C51H101NO5. The standard InChI is InChI=1S/C51H101NO5/c1-3-5-7-9-11-13-23-27-31-35-39-43-49(54)48(47-53)52-50(55)44-40-36-32-28-25-21-19-17-15-16-18-20-22-26-30-34-38-42-46-57-51(56)45-41-37-33-29-24-14-12-10-8-6-4-2/h48-49,53-54H,3-47H2,1-2H3,(H,52,55). The van der Waals surface area contributed by atoms with Crippen molar-refractivity contribution in [1.29, 1.82) is 0 Å². The molecule has 1 amide bonds. The Balaban J connectivity index is 3.38. The zero-order valence-corrected chi connectivity index (χ0v) is 38.6. The summed E-state index contributed by atoms with van der Waals surface area (Å²) in [4.78, 5) is 24.4. The van der Waals surface area contributed by atoms with Crippen LogP contribution in [0.1, 0.15) is 290 Å². The van der Waals surface area contributed by atoms with Gasteiger partial charge in [0.1, 0.15) is 0 Å². The molecule has 2 atom stereocenters. The SMILES string of the molecule is CCCCCCCCCCCCCC(=O)OCCCCCCCCCCCCCCCCCCCCC(=O)NC(CO)C(O)CCCCCCCCCCCCC. The van der Waals surface area contributed by atoms with Gasteiger partial charge in [-0.25, -0.2) is 0 Å². The summed E-state index contributed by atoms with van der Waals surface area (Å²) in [5.74, 6) is -0.0316. The number of aliphatic hydroxyl groups excluding tert-OH is 2. The smallest absolute Gasteiger partial charge is 0.305 e. The van der Waals surface area contributed by atoms with Crippen LogP contribution in [-0.2, 0) is 14.3 Å². The van der Waals surface area contributed by atoms with Crippen molar-refractivity contribution < 1.29 is 24.5 Å². The largest absolute Gasteiger partial charge is 0.466 e. The Bertz CT molecular complexity index is 806. The van der Waals surface area contributed by atoms with E-state index in [-0.39, 0.29) is 18.5 Å². The van der Waals surface area contributed by atoms with E-state index < -0.39 is 12.1 Å². The van der Waals surface area contributed by atoms with E-state index in [9.17, 15) is 19.8 Å². The fraction of sp³-hybridized carbons (Fsp3) is 0.961. The normalized spacial score (nSPS) is 12.6. The maximum Gasteiger partial charge on any atom is 0.305 e. The molecule has 0 aromatic carbocycles. The third-order valence-corrected chi connectivity index (χ3v) is 12.2. The lowest BCUT2D eigenvalue weighted by atomic mass is 10.0. The number of hydrogen-bond acceptors (Lipinski definition) is 5. The fourth-order valence-corrected chi connectivity index (χ4v) is 8.17. The Labute approximate surface area is 356 Å². The third kappa shape index (κ3) is 44.2. The van der Waals surface area contributed by atoms with Crippen LogP contribution < -0.4 is 5.32 Å². The van der Waals surface area contributed by atoms with Crippen LogP contribution in [0.15, 0.2) is 0 Å². The van der Waals surface area contributed by atoms with Gasteiger partial charge >= 0.3 is 5.97 Å². The van der Waals surface area contributed by atoms with Crippen LogP contribution >= 0.6 is 0 Å². The minimum atomic E-state index is -0.663. The molecule has 0 heterocycles. The summed E-state index contributed by atoms with van der Waals surface area (Å²) in [6.07, 6.45) is 52.2. The number of carbonyl (C=O) groups excluding carboxylic acids is 2. The molecule has 0 saturated carbocycles. The van der Waals surface area contributed by atoms with E-state index in [1.54, 1.807) is 0 Å². The first kappa shape index (κ1) is 55.9. The van der Waals surface area contributed by atoms with E-state index >= 15 is 0 Å². The maximum atomic E-state index is 12.4. The molecule has 6 heteroatoms. The zero-order valence-electron chi connectivity index (χ0n) is 38.6. The van der Waals surface area contributed by atoms with Gasteiger partial charge in [0, 0.05) is 12.8 Å². The lowest BCUT2D eigenvalue weighted by molar-refractivity contribution is -0.143. The van der Waals surface area contributed by atoms with Crippen molar-refractivity contribution in [2.45, 2.75) is 302 Å².